The van der Waals surface area contributed by atoms with Gasteiger partial charge < -0.3 is 0 Å². The predicted octanol–water partition coefficient (Wildman–Crippen LogP) is 4.88. The van der Waals surface area contributed by atoms with Crippen LogP contribution in [0.15, 0.2) is 41.5 Å². The monoisotopic (exact) mass is 297 g/mol. The third kappa shape index (κ3) is 2.98. The minimum Gasteiger partial charge on any atom is -0.286 e. The van der Waals surface area contributed by atoms with E-state index in [9.17, 15) is 18.0 Å². The molecular weight excluding hydrogens is 291 g/mol. The predicted molar refractivity (Wildman–Crippen MR) is 68.2 cm³/mol. The SMILES string of the molecule is [N-]=[N+]=NC(=O)c1ccc(-c2ccc(C(F)(F)F)cc2)s1. The molecule has 2 rings (SSSR count). The minimum absolute atomic E-state index is 0.234. The Labute approximate surface area is 115 Å². The zero-order chi connectivity index (χ0) is 14.8. The number of rotatable bonds is 2. The lowest BCUT2D eigenvalue weighted by atomic mass is 10.1. The van der Waals surface area contributed by atoms with Gasteiger partial charge in [-0.05, 0) is 40.5 Å². The van der Waals surface area contributed by atoms with Crippen LogP contribution in [0.4, 0.5) is 13.2 Å². The second-order valence-corrected chi connectivity index (χ2v) is 4.82. The summed E-state index contributed by atoms with van der Waals surface area (Å²) in [5.41, 5.74) is 7.99. The summed E-state index contributed by atoms with van der Waals surface area (Å²) < 4.78 is 37.3. The fraction of sp³-hybridized carbons (Fsp3) is 0.0833. The van der Waals surface area contributed by atoms with E-state index in [0.29, 0.717) is 10.4 Å². The number of carbonyl (C=O) groups excluding carboxylic acids is 1. The molecular formula is C12H6F3N3OS. The zero-order valence-electron chi connectivity index (χ0n) is 9.76. The molecule has 0 aliphatic carbocycles. The van der Waals surface area contributed by atoms with Crippen molar-refractivity contribution in [1.82, 2.24) is 0 Å². The highest BCUT2D eigenvalue weighted by Gasteiger charge is 2.30. The average molecular weight is 297 g/mol. The first-order valence-corrected chi connectivity index (χ1v) is 6.10. The molecule has 1 aromatic carbocycles. The van der Waals surface area contributed by atoms with Crippen LogP contribution in [0.25, 0.3) is 20.9 Å². The maximum absolute atomic E-state index is 12.4. The molecule has 1 amide bonds. The Morgan fingerprint density at radius 2 is 1.80 bits per heavy atom. The quantitative estimate of drug-likeness (QED) is 0.442. The number of azide groups is 1. The number of alkyl halides is 3. The number of benzene rings is 1. The smallest absolute Gasteiger partial charge is 0.286 e. The molecule has 0 unspecified atom stereocenters. The highest BCUT2D eigenvalue weighted by Crippen LogP contribution is 2.33. The molecule has 0 aliphatic heterocycles. The molecule has 0 saturated carbocycles. The van der Waals surface area contributed by atoms with Crippen molar-refractivity contribution >= 4 is 17.2 Å². The van der Waals surface area contributed by atoms with Crippen LogP contribution in [-0.4, -0.2) is 5.91 Å². The van der Waals surface area contributed by atoms with Crippen LogP contribution < -0.4 is 0 Å². The topological polar surface area (TPSA) is 65.8 Å². The van der Waals surface area contributed by atoms with Gasteiger partial charge in [0.25, 0.3) is 5.91 Å². The molecule has 0 N–H and O–H groups in total. The van der Waals surface area contributed by atoms with Gasteiger partial charge in [0.05, 0.1) is 10.4 Å². The molecule has 0 fully saturated rings. The first-order valence-electron chi connectivity index (χ1n) is 5.28. The molecule has 2 aromatic rings. The van der Waals surface area contributed by atoms with E-state index in [1.807, 2.05) is 0 Å². The molecule has 102 valence electrons. The second-order valence-electron chi connectivity index (χ2n) is 3.73. The molecule has 1 aromatic heterocycles. The summed E-state index contributed by atoms with van der Waals surface area (Å²) in [6.45, 7) is 0. The Balaban J connectivity index is 2.29. The first kappa shape index (κ1) is 14.1. The number of hydrogen-bond donors (Lipinski definition) is 0. The van der Waals surface area contributed by atoms with E-state index in [2.05, 4.69) is 10.0 Å². The normalized spacial score (nSPS) is 10.9. The Hall–Kier alpha value is -2.31. The molecule has 0 radical (unpaired) electrons. The van der Waals surface area contributed by atoms with Gasteiger partial charge in [-0.3, -0.25) is 4.79 Å². The molecule has 0 saturated heterocycles. The highest BCUT2D eigenvalue weighted by atomic mass is 32.1. The van der Waals surface area contributed by atoms with E-state index in [1.54, 1.807) is 6.07 Å². The van der Waals surface area contributed by atoms with E-state index in [-0.39, 0.29) is 4.88 Å². The molecule has 0 atom stereocenters. The van der Waals surface area contributed by atoms with Crippen LogP contribution in [0.1, 0.15) is 15.2 Å². The lowest BCUT2D eigenvalue weighted by Gasteiger charge is -2.06. The van der Waals surface area contributed by atoms with Gasteiger partial charge in [0.2, 0.25) is 0 Å². The van der Waals surface area contributed by atoms with E-state index < -0.39 is 17.6 Å². The van der Waals surface area contributed by atoms with E-state index in [1.165, 1.54) is 18.2 Å². The number of thiophene rings is 1. The van der Waals surface area contributed by atoms with Crippen molar-refractivity contribution in [3.8, 4) is 10.4 Å². The Morgan fingerprint density at radius 3 is 2.35 bits per heavy atom. The minimum atomic E-state index is -4.38. The molecule has 1 heterocycles. The van der Waals surface area contributed by atoms with E-state index in [4.69, 9.17) is 5.53 Å². The van der Waals surface area contributed by atoms with Crippen molar-refractivity contribution in [3.05, 3.63) is 57.3 Å². The third-order valence-corrected chi connectivity index (χ3v) is 3.57. The fourth-order valence-corrected chi connectivity index (χ4v) is 2.41. The van der Waals surface area contributed by atoms with Gasteiger partial charge in [-0.15, -0.1) is 11.3 Å². The number of nitrogens with zero attached hydrogens (tertiary/aromatic N) is 3. The van der Waals surface area contributed by atoms with Crippen molar-refractivity contribution < 1.29 is 18.0 Å². The van der Waals surface area contributed by atoms with Crippen molar-refractivity contribution in [1.29, 1.82) is 0 Å². The Kier molecular flexibility index (Phi) is 3.78. The summed E-state index contributed by atoms with van der Waals surface area (Å²) in [7, 11) is 0. The highest BCUT2D eigenvalue weighted by molar-refractivity contribution is 7.17. The summed E-state index contributed by atoms with van der Waals surface area (Å²) in [4.78, 5) is 14.6. The van der Waals surface area contributed by atoms with Gasteiger partial charge in [-0.1, -0.05) is 12.1 Å². The van der Waals surface area contributed by atoms with Crippen molar-refractivity contribution in [2.24, 2.45) is 5.11 Å². The summed E-state index contributed by atoms with van der Waals surface area (Å²) in [5.74, 6) is -0.712. The molecule has 0 aliphatic rings. The van der Waals surface area contributed by atoms with Crippen LogP contribution in [0, 0.1) is 0 Å². The second kappa shape index (κ2) is 5.36. The summed E-state index contributed by atoms with van der Waals surface area (Å²) in [5, 5.41) is 2.95. The van der Waals surface area contributed by atoms with Crippen molar-refractivity contribution in [3.63, 3.8) is 0 Å². The van der Waals surface area contributed by atoms with Crippen LogP contribution in [0.2, 0.25) is 0 Å². The third-order valence-electron chi connectivity index (χ3n) is 2.45. The van der Waals surface area contributed by atoms with Crippen molar-refractivity contribution in [2.45, 2.75) is 6.18 Å². The van der Waals surface area contributed by atoms with Crippen LogP contribution in [0.5, 0.6) is 0 Å². The summed E-state index contributed by atoms with van der Waals surface area (Å²) >= 11 is 1.05. The standard InChI is InChI=1S/C12H6F3N3OS/c13-12(14,15)8-3-1-7(2-4-8)9-5-6-10(20-9)11(19)17-18-16/h1-6H. The number of halogens is 3. The number of hydrogen-bond acceptors (Lipinski definition) is 2. The maximum Gasteiger partial charge on any atom is 0.416 e. The molecule has 0 spiro atoms. The Morgan fingerprint density at radius 1 is 1.15 bits per heavy atom. The summed E-state index contributed by atoms with van der Waals surface area (Å²) in [6.07, 6.45) is -4.38. The van der Waals surface area contributed by atoms with Gasteiger partial charge in [-0.25, -0.2) is 0 Å². The van der Waals surface area contributed by atoms with Gasteiger partial charge in [0, 0.05) is 9.79 Å². The van der Waals surface area contributed by atoms with Gasteiger partial charge in [-0.2, -0.15) is 13.2 Å². The lowest BCUT2D eigenvalue weighted by Crippen LogP contribution is -2.03. The average Bonchev–Trinajstić information content (AvgIpc) is 2.88. The van der Waals surface area contributed by atoms with Gasteiger partial charge in [0.15, 0.2) is 0 Å². The number of carbonyl (C=O) groups is 1. The molecule has 20 heavy (non-hydrogen) atoms. The van der Waals surface area contributed by atoms with Gasteiger partial charge >= 0.3 is 6.18 Å². The fourth-order valence-electron chi connectivity index (χ4n) is 1.52. The maximum atomic E-state index is 12.4. The lowest BCUT2D eigenvalue weighted by molar-refractivity contribution is -0.137. The first-order chi connectivity index (χ1) is 9.41. The zero-order valence-corrected chi connectivity index (χ0v) is 10.6. The summed E-state index contributed by atoms with van der Waals surface area (Å²) in [6, 6.07) is 7.67. The molecule has 8 heteroatoms. The van der Waals surface area contributed by atoms with Crippen molar-refractivity contribution in [2.75, 3.05) is 0 Å². The number of amides is 1. The Bertz CT molecular complexity index is 685. The van der Waals surface area contributed by atoms with Gasteiger partial charge in [0.1, 0.15) is 0 Å². The van der Waals surface area contributed by atoms with E-state index in [0.717, 1.165) is 23.5 Å². The largest absolute Gasteiger partial charge is 0.416 e. The molecule has 4 nitrogen and oxygen atoms in total. The molecule has 0 bridgehead atoms. The van der Waals surface area contributed by atoms with E-state index >= 15 is 0 Å². The van der Waals surface area contributed by atoms with Crippen LogP contribution in [-0.2, 0) is 6.18 Å². The van der Waals surface area contributed by atoms with Crippen LogP contribution in [0.3, 0.4) is 0 Å². The van der Waals surface area contributed by atoms with Crippen LogP contribution >= 0.6 is 11.3 Å².